The zero-order valence-corrected chi connectivity index (χ0v) is 14.5. The van der Waals surface area contributed by atoms with E-state index in [-0.39, 0.29) is 24.5 Å². The number of fused-ring (bicyclic) bond motifs is 1. The van der Waals surface area contributed by atoms with Crippen molar-refractivity contribution in [3.63, 3.8) is 0 Å². The molecule has 0 spiro atoms. The van der Waals surface area contributed by atoms with Crippen LogP contribution < -0.4 is 5.56 Å². The molecule has 0 N–H and O–H groups in total. The second kappa shape index (κ2) is 7.19. The Bertz CT molecular complexity index is 1090. The third-order valence-corrected chi connectivity index (χ3v) is 4.33. The van der Waals surface area contributed by atoms with Gasteiger partial charge in [-0.3, -0.25) is 9.36 Å². The number of benzene rings is 2. The summed E-state index contributed by atoms with van der Waals surface area (Å²) in [6.45, 7) is 3.42. The van der Waals surface area contributed by atoms with Gasteiger partial charge in [-0.25, -0.2) is 9.78 Å². The van der Waals surface area contributed by atoms with Gasteiger partial charge in [0, 0.05) is 0 Å². The van der Waals surface area contributed by atoms with Gasteiger partial charge >= 0.3 is 5.97 Å². The number of para-hydroxylation sites is 1. The Morgan fingerprint density at radius 3 is 2.73 bits per heavy atom. The van der Waals surface area contributed by atoms with Gasteiger partial charge in [0.1, 0.15) is 13.2 Å². The minimum atomic E-state index is -0.489. The predicted molar refractivity (Wildman–Crippen MR) is 96.7 cm³/mol. The molecule has 2 aromatic carbocycles. The molecule has 3 aromatic rings. The average molecular weight is 347 g/mol. The molecule has 0 saturated carbocycles. The smallest absolute Gasteiger partial charge is 0.338 e. The first-order valence-electron chi connectivity index (χ1n) is 8.11. The van der Waals surface area contributed by atoms with Crippen LogP contribution in [0.3, 0.4) is 0 Å². The summed E-state index contributed by atoms with van der Waals surface area (Å²) in [5.41, 5.74) is 2.49. The van der Waals surface area contributed by atoms with E-state index >= 15 is 0 Å². The fourth-order valence-electron chi connectivity index (χ4n) is 2.74. The number of hydrogen-bond acceptors (Lipinski definition) is 5. The van der Waals surface area contributed by atoms with Gasteiger partial charge in [0.05, 0.1) is 22.5 Å². The fourth-order valence-corrected chi connectivity index (χ4v) is 2.74. The van der Waals surface area contributed by atoms with Gasteiger partial charge in [-0.2, -0.15) is 5.26 Å². The molecule has 0 bridgehead atoms. The third-order valence-electron chi connectivity index (χ3n) is 4.33. The highest BCUT2D eigenvalue weighted by Crippen LogP contribution is 2.15. The molecule has 0 saturated heterocycles. The Morgan fingerprint density at radius 2 is 1.96 bits per heavy atom. The van der Waals surface area contributed by atoms with Crippen LogP contribution in [-0.4, -0.2) is 15.5 Å². The number of esters is 1. The van der Waals surface area contributed by atoms with E-state index in [4.69, 9.17) is 10.00 Å². The lowest BCUT2D eigenvalue weighted by atomic mass is 10.0. The normalized spacial score (nSPS) is 10.5. The zero-order chi connectivity index (χ0) is 18.7. The first-order chi connectivity index (χ1) is 12.5. The van der Waals surface area contributed by atoms with E-state index < -0.39 is 5.97 Å². The van der Waals surface area contributed by atoms with Crippen molar-refractivity contribution in [2.75, 3.05) is 0 Å². The van der Waals surface area contributed by atoms with Gasteiger partial charge in [0.25, 0.3) is 5.56 Å². The molecule has 6 nitrogen and oxygen atoms in total. The Hall–Kier alpha value is -3.46. The first-order valence-corrected chi connectivity index (χ1v) is 8.11. The summed E-state index contributed by atoms with van der Waals surface area (Å²) in [6, 6.07) is 14.2. The number of carbonyl (C=O) groups is 1. The van der Waals surface area contributed by atoms with Gasteiger partial charge in [-0.1, -0.05) is 24.3 Å². The lowest BCUT2D eigenvalue weighted by Crippen LogP contribution is -2.26. The molecule has 130 valence electrons. The Kier molecular flexibility index (Phi) is 4.81. The molecule has 0 atom stereocenters. The minimum Gasteiger partial charge on any atom is -0.454 e. The number of nitrogens with zero attached hydrogens (tertiary/aromatic N) is 3. The molecule has 0 aliphatic heterocycles. The lowest BCUT2D eigenvalue weighted by molar-refractivity contribution is 0.0456. The highest BCUT2D eigenvalue weighted by molar-refractivity contribution is 5.91. The van der Waals surface area contributed by atoms with E-state index in [1.807, 2.05) is 26.0 Å². The predicted octanol–water partition coefficient (Wildman–Crippen LogP) is 2.89. The van der Waals surface area contributed by atoms with E-state index in [0.29, 0.717) is 16.5 Å². The molecule has 0 unspecified atom stereocenters. The molecule has 26 heavy (non-hydrogen) atoms. The molecule has 1 heterocycles. The van der Waals surface area contributed by atoms with Crippen molar-refractivity contribution < 1.29 is 9.53 Å². The largest absolute Gasteiger partial charge is 0.454 e. The van der Waals surface area contributed by atoms with Crippen LogP contribution in [0.15, 0.2) is 47.3 Å². The fraction of sp³-hybridized carbons (Fsp3) is 0.200. The second-order valence-corrected chi connectivity index (χ2v) is 5.92. The Labute approximate surface area is 150 Å². The van der Waals surface area contributed by atoms with Gasteiger partial charge in [0.15, 0.2) is 5.82 Å². The highest BCUT2D eigenvalue weighted by atomic mass is 16.5. The van der Waals surface area contributed by atoms with Crippen LogP contribution >= 0.6 is 0 Å². The molecule has 0 radical (unpaired) electrons. The second-order valence-electron chi connectivity index (χ2n) is 5.92. The molecular weight excluding hydrogens is 330 g/mol. The number of ether oxygens (including phenoxy) is 1. The van der Waals surface area contributed by atoms with Crippen molar-refractivity contribution in [2.24, 2.45) is 0 Å². The number of rotatable bonds is 4. The maximum absolute atomic E-state index is 12.6. The topological polar surface area (TPSA) is 85.0 Å². The minimum absolute atomic E-state index is 0.160. The molecule has 0 amide bonds. The summed E-state index contributed by atoms with van der Waals surface area (Å²) >= 11 is 0. The number of carbonyl (C=O) groups excluding carboxylic acids is 1. The average Bonchev–Trinajstić information content (AvgIpc) is 2.64. The maximum Gasteiger partial charge on any atom is 0.338 e. The third kappa shape index (κ3) is 3.20. The molecule has 1 aromatic heterocycles. The first kappa shape index (κ1) is 17.4. The number of aryl methyl sites for hydroxylation is 1. The van der Waals surface area contributed by atoms with Crippen molar-refractivity contribution >= 4 is 16.9 Å². The van der Waals surface area contributed by atoms with Crippen LogP contribution in [0.5, 0.6) is 0 Å². The van der Waals surface area contributed by atoms with E-state index in [1.54, 1.807) is 36.4 Å². The maximum atomic E-state index is 12.6. The zero-order valence-electron chi connectivity index (χ0n) is 14.5. The van der Waals surface area contributed by atoms with Gasteiger partial charge in [0.2, 0.25) is 0 Å². The van der Waals surface area contributed by atoms with Crippen LogP contribution in [0.4, 0.5) is 0 Å². The van der Waals surface area contributed by atoms with Crippen LogP contribution in [0.1, 0.15) is 27.3 Å². The summed E-state index contributed by atoms with van der Waals surface area (Å²) in [6.07, 6.45) is 0. The van der Waals surface area contributed by atoms with E-state index in [9.17, 15) is 9.59 Å². The standard InChI is InChI=1S/C20H17N3O3/c1-13-6-5-8-15(14(13)2)20(25)26-12-18-22-17-9-4-3-7-16(17)19(24)23(18)11-10-21/h3-9H,11-12H2,1-2H3. The number of nitriles is 1. The Balaban J connectivity index is 1.94. The van der Waals surface area contributed by atoms with Crippen molar-refractivity contribution in [1.29, 1.82) is 5.26 Å². The van der Waals surface area contributed by atoms with Gasteiger partial charge in [-0.15, -0.1) is 0 Å². The molecule has 3 rings (SSSR count). The van der Waals surface area contributed by atoms with Crippen molar-refractivity contribution in [3.8, 4) is 6.07 Å². The molecule has 0 aliphatic rings. The van der Waals surface area contributed by atoms with Crippen molar-refractivity contribution in [3.05, 3.63) is 75.3 Å². The summed E-state index contributed by atoms with van der Waals surface area (Å²) in [7, 11) is 0. The van der Waals surface area contributed by atoms with Crippen molar-refractivity contribution in [1.82, 2.24) is 9.55 Å². The van der Waals surface area contributed by atoms with E-state index in [1.165, 1.54) is 4.57 Å². The van der Waals surface area contributed by atoms with Crippen LogP contribution in [0.25, 0.3) is 10.9 Å². The van der Waals surface area contributed by atoms with E-state index in [2.05, 4.69) is 4.98 Å². The van der Waals surface area contributed by atoms with Crippen LogP contribution in [0, 0.1) is 25.2 Å². The SMILES string of the molecule is Cc1cccc(C(=O)OCc2nc3ccccc3c(=O)n2CC#N)c1C. The number of hydrogen-bond donors (Lipinski definition) is 0. The lowest BCUT2D eigenvalue weighted by Gasteiger charge is -2.12. The van der Waals surface area contributed by atoms with E-state index in [0.717, 1.165) is 11.1 Å². The quantitative estimate of drug-likeness (QED) is 0.678. The molecule has 0 fully saturated rings. The number of aromatic nitrogens is 2. The Morgan fingerprint density at radius 1 is 1.19 bits per heavy atom. The molecule has 0 aliphatic carbocycles. The summed E-state index contributed by atoms with van der Waals surface area (Å²) in [4.78, 5) is 29.4. The molecular formula is C20H17N3O3. The van der Waals surface area contributed by atoms with Gasteiger partial charge in [-0.05, 0) is 43.2 Å². The van der Waals surface area contributed by atoms with Crippen LogP contribution in [-0.2, 0) is 17.9 Å². The van der Waals surface area contributed by atoms with Crippen molar-refractivity contribution in [2.45, 2.75) is 27.0 Å². The summed E-state index contributed by atoms with van der Waals surface area (Å²) < 4.78 is 6.61. The summed E-state index contributed by atoms with van der Waals surface area (Å²) in [5.74, 6) is -0.244. The highest BCUT2D eigenvalue weighted by Gasteiger charge is 2.15. The molecule has 6 heteroatoms. The van der Waals surface area contributed by atoms with Crippen LogP contribution in [0.2, 0.25) is 0 Å². The van der Waals surface area contributed by atoms with Gasteiger partial charge < -0.3 is 4.74 Å². The summed E-state index contributed by atoms with van der Waals surface area (Å²) in [5, 5.41) is 9.44. The monoisotopic (exact) mass is 347 g/mol.